The maximum absolute atomic E-state index is 11.5. The molecule has 78 valence electrons. The van der Waals surface area contributed by atoms with Gasteiger partial charge in [0.1, 0.15) is 18.1 Å². The number of carbonyl (C=O) groups is 1. The van der Waals surface area contributed by atoms with Crippen LogP contribution in [0.15, 0.2) is 18.2 Å². The van der Waals surface area contributed by atoms with Gasteiger partial charge in [-0.15, -0.1) is 0 Å². The highest BCUT2D eigenvalue weighted by Gasteiger charge is 2.17. The van der Waals surface area contributed by atoms with E-state index in [4.69, 9.17) is 4.74 Å². The fraction of sp³-hybridized carbons (Fsp3) is 0.250. The lowest BCUT2D eigenvalue weighted by Gasteiger charge is -2.15. The molecule has 0 aromatic heterocycles. The van der Waals surface area contributed by atoms with Gasteiger partial charge in [0, 0.05) is 6.42 Å². The van der Waals surface area contributed by atoms with Gasteiger partial charge in [-0.1, -0.05) is 6.92 Å². The molecule has 2 rings (SSSR count). The highest BCUT2D eigenvalue weighted by atomic mass is 16.5. The molecule has 0 bridgehead atoms. The van der Waals surface area contributed by atoms with Gasteiger partial charge in [0.25, 0.3) is 0 Å². The molecular formula is C12H12O3. The van der Waals surface area contributed by atoms with Crippen molar-refractivity contribution in [3.05, 3.63) is 29.3 Å². The van der Waals surface area contributed by atoms with E-state index in [1.807, 2.05) is 6.08 Å². The first kappa shape index (κ1) is 9.77. The smallest absolute Gasteiger partial charge is 0.166 e. The summed E-state index contributed by atoms with van der Waals surface area (Å²) >= 11 is 0. The Morgan fingerprint density at radius 2 is 2.33 bits per heavy atom. The first-order chi connectivity index (χ1) is 7.24. The van der Waals surface area contributed by atoms with Crippen molar-refractivity contribution in [2.24, 2.45) is 0 Å². The zero-order valence-electron chi connectivity index (χ0n) is 8.49. The summed E-state index contributed by atoms with van der Waals surface area (Å²) in [7, 11) is 0. The Morgan fingerprint density at radius 3 is 3.07 bits per heavy atom. The fourth-order valence-corrected chi connectivity index (χ4v) is 1.60. The van der Waals surface area contributed by atoms with E-state index in [0.29, 0.717) is 29.9 Å². The predicted octanol–water partition coefficient (Wildman–Crippen LogP) is 2.39. The van der Waals surface area contributed by atoms with Crippen molar-refractivity contribution in [3.63, 3.8) is 0 Å². The number of aromatic hydroxyl groups is 1. The molecule has 0 saturated carbocycles. The molecule has 0 amide bonds. The second-order valence-electron chi connectivity index (χ2n) is 3.36. The maximum atomic E-state index is 11.5. The number of phenolic OH excluding ortho intramolecular Hbond substituents is 1. The van der Waals surface area contributed by atoms with Crippen LogP contribution in [0.3, 0.4) is 0 Å². The summed E-state index contributed by atoms with van der Waals surface area (Å²) in [4.78, 5) is 11.5. The number of fused-ring (bicyclic) bond motifs is 1. The maximum Gasteiger partial charge on any atom is 0.166 e. The van der Waals surface area contributed by atoms with Gasteiger partial charge in [0.2, 0.25) is 0 Å². The van der Waals surface area contributed by atoms with E-state index in [1.54, 1.807) is 25.1 Å². The largest absolute Gasteiger partial charge is 0.506 e. The summed E-state index contributed by atoms with van der Waals surface area (Å²) in [5.41, 5.74) is 0.965. The molecule has 1 aliphatic rings. The Morgan fingerprint density at radius 1 is 1.53 bits per heavy atom. The zero-order valence-corrected chi connectivity index (χ0v) is 8.49. The van der Waals surface area contributed by atoms with Crippen LogP contribution in [-0.4, -0.2) is 17.5 Å². The summed E-state index contributed by atoms with van der Waals surface area (Å²) in [6.45, 7) is 2.28. The van der Waals surface area contributed by atoms with E-state index >= 15 is 0 Å². The lowest BCUT2D eigenvalue weighted by Crippen LogP contribution is -2.04. The quantitative estimate of drug-likeness (QED) is 0.752. The second kappa shape index (κ2) is 3.77. The number of phenols is 1. The van der Waals surface area contributed by atoms with Crippen molar-refractivity contribution in [1.29, 1.82) is 0 Å². The molecular weight excluding hydrogens is 192 g/mol. The molecule has 1 aliphatic heterocycles. The van der Waals surface area contributed by atoms with E-state index in [1.165, 1.54) is 0 Å². The monoisotopic (exact) mass is 204 g/mol. The third kappa shape index (κ3) is 1.61. The number of hydrogen-bond acceptors (Lipinski definition) is 3. The highest BCUT2D eigenvalue weighted by Crippen LogP contribution is 2.34. The Labute approximate surface area is 88.0 Å². The zero-order chi connectivity index (χ0) is 10.8. The van der Waals surface area contributed by atoms with Crippen LogP contribution in [0, 0.1) is 0 Å². The fourth-order valence-electron chi connectivity index (χ4n) is 1.60. The van der Waals surface area contributed by atoms with Crippen LogP contribution in [0.4, 0.5) is 0 Å². The van der Waals surface area contributed by atoms with Crippen LogP contribution in [-0.2, 0) is 0 Å². The summed E-state index contributed by atoms with van der Waals surface area (Å²) in [6, 6.07) is 3.33. The van der Waals surface area contributed by atoms with Crippen molar-refractivity contribution >= 4 is 11.9 Å². The number of Topliss-reactive ketones (excluding diaryl/α,β-unsaturated/α-hetero) is 1. The molecule has 3 nitrogen and oxygen atoms in total. The van der Waals surface area contributed by atoms with Crippen LogP contribution < -0.4 is 4.74 Å². The van der Waals surface area contributed by atoms with Crippen LogP contribution in [0.25, 0.3) is 6.08 Å². The standard InChI is InChI=1S/C12H12O3/c1-2-10(13)8-5-6-11-9(12(8)14)4-3-7-15-11/h3-6,14H,2,7H2,1H3. The molecule has 15 heavy (non-hydrogen) atoms. The van der Waals surface area contributed by atoms with Crippen molar-refractivity contribution < 1.29 is 14.6 Å². The van der Waals surface area contributed by atoms with Gasteiger partial charge in [0.05, 0.1) is 11.1 Å². The molecule has 0 aliphatic carbocycles. The number of ether oxygens (including phenoxy) is 1. The number of rotatable bonds is 2. The predicted molar refractivity (Wildman–Crippen MR) is 57.3 cm³/mol. The molecule has 1 heterocycles. The molecule has 0 atom stereocenters. The molecule has 0 spiro atoms. The lowest BCUT2D eigenvalue weighted by molar-refractivity contribution is 0.0985. The van der Waals surface area contributed by atoms with E-state index in [2.05, 4.69) is 0 Å². The van der Waals surface area contributed by atoms with Crippen LogP contribution in [0.1, 0.15) is 29.3 Å². The van der Waals surface area contributed by atoms with Crippen molar-refractivity contribution in [3.8, 4) is 11.5 Å². The minimum atomic E-state index is -0.0609. The average molecular weight is 204 g/mol. The minimum Gasteiger partial charge on any atom is -0.506 e. The molecule has 1 aromatic carbocycles. The number of hydrogen-bond donors (Lipinski definition) is 1. The van der Waals surface area contributed by atoms with Crippen molar-refractivity contribution in [2.45, 2.75) is 13.3 Å². The van der Waals surface area contributed by atoms with Crippen LogP contribution in [0.2, 0.25) is 0 Å². The van der Waals surface area contributed by atoms with E-state index < -0.39 is 0 Å². The second-order valence-corrected chi connectivity index (χ2v) is 3.36. The van der Waals surface area contributed by atoms with Gasteiger partial charge in [-0.2, -0.15) is 0 Å². The molecule has 0 unspecified atom stereocenters. The van der Waals surface area contributed by atoms with Gasteiger partial charge in [-0.05, 0) is 24.3 Å². The first-order valence-electron chi connectivity index (χ1n) is 4.92. The van der Waals surface area contributed by atoms with Crippen LogP contribution >= 0.6 is 0 Å². The third-order valence-corrected chi connectivity index (χ3v) is 2.42. The molecule has 1 N–H and O–H groups in total. The van der Waals surface area contributed by atoms with Gasteiger partial charge < -0.3 is 9.84 Å². The lowest BCUT2D eigenvalue weighted by atomic mass is 10.0. The summed E-state index contributed by atoms with van der Waals surface area (Å²) < 4.78 is 5.31. The molecule has 0 fully saturated rings. The molecule has 0 saturated heterocycles. The van der Waals surface area contributed by atoms with Gasteiger partial charge in [-0.3, -0.25) is 4.79 Å². The number of benzene rings is 1. The highest BCUT2D eigenvalue weighted by molar-refractivity contribution is 6.00. The summed E-state index contributed by atoms with van der Waals surface area (Å²) in [6.07, 6.45) is 3.97. The van der Waals surface area contributed by atoms with Crippen molar-refractivity contribution in [1.82, 2.24) is 0 Å². The Hall–Kier alpha value is -1.77. The van der Waals surface area contributed by atoms with Gasteiger partial charge in [-0.25, -0.2) is 0 Å². The topological polar surface area (TPSA) is 46.5 Å². The molecule has 3 heteroatoms. The number of carbonyl (C=O) groups excluding carboxylic acids is 1. The van der Waals surface area contributed by atoms with Gasteiger partial charge >= 0.3 is 0 Å². The summed E-state index contributed by atoms with van der Waals surface area (Å²) in [5, 5.41) is 9.88. The molecule has 1 aromatic rings. The Balaban J connectivity index is 2.54. The Kier molecular flexibility index (Phi) is 2.46. The van der Waals surface area contributed by atoms with Crippen LogP contribution in [0.5, 0.6) is 11.5 Å². The minimum absolute atomic E-state index is 0.0234. The molecule has 0 radical (unpaired) electrons. The van der Waals surface area contributed by atoms with E-state index in [-0.39, 0.29) is 11.5 Å². The van der Waals surface area contributed by atoms with E-state index in [0.717, 1.165) is 0 Å². The summed E-state index contributed by atoms with van der Waals surface area (Å²) in [5.74, 6) is 0.590. The normalized spacial score (nSPS) is 13.1. The number of ketones is 1. The Bertz CT molecular complexity index is 433. The first-order valence-corrected chi connectivity index (χ1v) is 4.92. The SMILES string of the molecule is CCC(=O)c1ccc2c(c1O)C=CCO2. The van der Waals surface area contributed by atoms with Gasteiger partial charge in [0.15, 0.2) is 5.78 Å². The van der Waals surface area contributed by atoms with Crippen molar-refractivity contribution in [2.75, 3.05) is 6.61 Å². The van der Waals surface area contributed by atoms with E-state index in [9.17, 15) is 9.90 Å². The third-order valence-electron chi connectivity index (χ3n) is 2.42. The average Bonchev–Trinajstić information content (AvgIpc) is 2.29.